The summed E-state index contributed by atoms with van der Waals surface area (Å²) in [5, 5.41) is 9.55. The lowest BCUT2D eigenvalue weighted by molar-refractivity contribution is 0.0939. The number of aryl methyl sites for hydroxylation is 1. The first kappa shape index (κ1) is 23.4. The maximum atomic E-state index is 14.7. The molecule has 0 aliphatic carbocycles. The first-order chi connectivity index (χ1) is 15.1. The number of nitrogens with one attached hydrogen (secondary N) is 1. The highest BCUT2D eigenvalue weighted by atomic mass is 32.2. The van der Waals surface area contributed by atoms with Crippen LogP contribution >= 0.6 is 0 Å². The number of rotatable bonds is 7. The molecule has 0 spiro atoms. The fourth-order valence-electron chi connectivity index (χ4n) is 3.20. The molecule has 0 fully saturated rings. The molecule has 2 N–H and O–H groups in total. The number of carbonyl (C=O) groups is 1. The van der Waals surface area contributed by atoms with Crippen LogP contribution in [-0.2, 0) is 9.84 Å². The van der Waals surface area contributed by atoms with Gasteiger partial charge in [-0.15, -0.1) is 0 Å². The summed E-state index contributed by atoms with van der Waals surface area (Å²) in [5.41, 5.74) is -0.180. The molecule has 0 aliphatic rings. The van der Waals surface area contributed by atoms with E-state index in [0.29, 0.717) is 0 Å². The van der Waals surface area contributed by atoms with Crippen molar-refractivity contribution in [2.75, 3.05) is 13.2 Å². The zero-order valence-corrected chi connectivity index (χ0v) is 17.7. The number of pyridine rings is 1. The highest BCUT2D eigenvalue weighted by Crippen LogP contribution is 2.38. The summed E-state index contributed by atoms with van der Waals surface area (Å²) in [7, 11) is -4.38. The minimum atomic E-state index is -4.38. The molecule has 32 heavy (non-hydrogen) atoms. The van der Waals surface area contributed by atoms with Crippen molar-refractivity contribution in [1.29, 1.82) is 0 Å². The van der Waals surface area contributed by atoms with Crippen molar-refractivity contribution in [3.8, 4) is 0 Å². The molecule has 0 aliphatic heterocycles. The molecule has 3 rings (SSSR count). The third-order valence-electron chi connectivity index (χ3n) is 4.76. The molecule has 1 aromatic heterocycles. The lowest BCUT2D eigenvalue weighted by atomic mass is 10.0. The SMILES string of the molecule is Cc1cc(C(=O)NCCO)ncc1C(c1cc(F)ccc1F)S(=O)(=O)c1ccc(F)cc1. The summed E-state index contributed by atoms with van der Waals surface area (Å²) in [6, 6.07) is 7.74. The fraction of sp³-hybridized carbons (Fsp3) is 0.182. The third kappa shape index (κ3) is 4.81. The summed E-state index contributed by atoms with van der Waals surface area (Å²) in [4.78, 5) is 15.8. The van der Waals surface area contributed by atoms with E-state index in [1.54, 1.807) is 0 Å². The molecule has 0 saturated carbocycles. The maximum absolute atomic E-state index is 14.7. The Morgan fingerprint density at radius 3 is 2.31 bits per heavy atom. The standard InChI is InChI=1S/C22H19F3N2O4S/c1-13-10-20(22(29)26-8-9-28)27-12-18(13)21(17-11-15(24)4-7-19(17)25)32(30,31)16-5-2-14(23)3-6-16/h2-7,10-12,21,28H,8-9H2,1H3,(H,26,29). The highest BCUT2D eigenvalue weighted by Gasteiger charge is 2.35. The van der Waals surface area contributed by atoms with Crippen LogP contribution in [0.15, 0.2) is 59.6 Å². The van der Waals surface area contributed by atoms with Gasteiger partial charge in [0.1, 0.15) is 28.4 Å². The van der Waals surface area contributed by atoms with Crippen molar-refractivity contribution in [3.63, 3.8) is 0 Å². The van der Waals surface area contributed by atoms with E-state index in [1.807, 2.05) is 0 Å². The van der Waals surface area contributed by atoms with Crippen molar-refractivity contribution < 1.29 is 31.5 Å². The van der Waals surface area contributed by atoms with Crippen LogP contribution in [0, 0.1) is 24.4 Å². The summed E-state index contributed by atoms with van der Waals surface area (Å²) in [5.74, 6) is -3.05. The average Bonchev–Trinajstić information content (AvgIpc) is 2.75. The van der Waals surface area contributed by atoms with Gasteiger partial charge < -0.3 is 10.4 Å². The van der Waals surface area contributed by atoms with Crippen LogP contribution in [-0.4, -0.2) is 37.6 Å². The Morgan fingerprint density at radius 1 is 1.03 bits per heavy atom. The normalized spacial score (nSPS) is 12.4. The molecule has 1 heterocycles. The molecule has 3 aromatic rings. The number of aliphatic hydroxyl groups is 1. The van der Waals surface area contributed by atoms with Crippen molar-refractivity contribution in [1.82, 2.24) is 10.3 Å². The molecule has 1 unspecified atom stereocenters. The van der Waals surface area contributed by atoms with Gasteiger partial charge in [0.15, 0.2) is 9.84 Å². The number of nitrogens with zero attached hydrogens (tertiary/aromatic N) is 1. The zero-order valence-electron chi connectivity index (χ0n) is 16.8. The Balaban J connectivity index is 2.19. The van der Waals surface area contributed by atoms with Gasteiger partial charge in [-0.25, -0.2) is 21.6 Å². The van der Waals surface area contributed by atoms with Gasteiger partial charge in [0.05, 0.1) is 11.5 Å². The summed E-state index contributed by atoms with van der Waals surface area (Å²) >= 11 is 0. The quantitative estimate of drug-likeness (QED) is 0.524. The number of sulfone groups is 1. The molecular weight excluding hydrogens is 445 g/mol. The smallest absolute Gasteiger partial charge is 0.269 e. The molecule has 10 heteroatoms. The molecule has 1 atom stereocenters. The van der Waals surface area contributed by atoms with E-state index in [-0.39, 0.29) is 34.9 Å². The number of benzene rings is 2. The molecule has 1 amide bonds. The second-order valence-corrected chi connectivity index (χ2v) is 8.98. The van der Waals surface area contributed by atoms with Gasteiger partial charge in [-0.2, -0.15) is 0 Å². The van der Waals surface area contributed by atoms with Crippen LogP contribution in [0.1, 0.15) is 32.4 Å². The summed E-state index contributed by atoms with van der Waals surface area (Å²) in [6.45, 7) is 1.22. The number of aromatic nitrogens is 1. The van der Waals surface area contributed by atoms with Crippen molar-refractivity contribution >= 4 is 15.7 Å². The molecule has 0 radical (unpaired) electrons. The van der Waals surface area contributed by atoms with Crippen molar-refractivity contribution in [3.05, 3.63) is 94.6 Å². The molecule has 168 valence electrons. The Labute approximate surface area is 182 Å². The predicted octanol–water partition coefficient (Wildman–Crippen LogP) is 3.09. The lowest BCUT2D eigenvalue weighted by Crippen LogP contribution is -2.27. The number of aliphatic hydroxyl groups excluding tert-OH is 1. The van der Waals surface area contributed by atoms with Gasteiger partial charge in [0.25, 0.3) is 5.91 Å². The minimum Gasteiger partial charge on any atom is -0.395 e. The molecule has 0 saturated heterocycles. The second kappa shape index (κ2) is 9.49. The van der Waals surface area contributed by atoms with Gasteiger partial charge in [-0.05, 0) is 66.6 Å². The van der Waals surface area contributed by atoms with Crippen molar-refractivity contribution in [2.45, 2.75) is 17.1 Å². The van der Waals surface area contributed by atoms with E-state index in [4.69, 9.17) is 5.11 Å². The van der Waals surface area contributed by atoms with Crippen LogP contribution in [0.25, 0.3) is 0 Å². The van der Waals surface area contributed by atoms with Crippen LogP contribution in [0.4, 0.5) is 13.2 Å². The van der Waals surface area contributed by atoms with Crippen LogP contribution in [0.2, 0.25) is 0 Å². The molecular formula is C22H19F3N2O4S. The fourth-order valence-corrected chi connectivity index (χ4v) is 5.09. The Kier molecular flexibility index (Phi) is 6.95. The monoisotopic (exact) mass is 464 g/mol. The third-order valence-corrected chi connectivity index (χ3v) is 6.81. The number of carbonyl (C=O) groups excluding carboxylic acids is 1. The molecule has 6 nitrogen and oxygen atoms in total. The average molecular weight is 464 g/mol. The van der Waals surface area contributed by atoms with E-state index >= 15 is 0 Å². The van der Waals surface area contributed by atoms with Gasteiger partial charge in [-0.3, -0.25) is 9.78 Å². The lowest BCUT2D eigenvalue weighted by Gasteiger charge is -2.21. The maximum Gasteiger partial charge on any atom is 0.269 e. The predicted molar refractivity (Wildman–Crippen MR) is 110 cm³/mol. The second-order valence-electron chi connectivity index (χ2n) is 6.95. The molecule has 0 bridgehead atoms. The van der Waals surface area contributed by atoms with Crippen molar-refractivity contribution in [2.24, 2.45) is 0 Å². The number of halogens is 3. The Bertz CT molecular complexity index is 1250. The minimum absolute atomic E-state index is 0.00259. The van der Waals surface area contributed by atoms with Gasteiger partial charge in [0, 0.05) is 18.3 Å². The van der Waals surface area contributed by atoms with Gasteiger partial charge in [-0.1, -0.05) is 0 Å². The Morgan fingerprint density at radius 2 is 1.69 bits per heavy atom. The van der Waals surface area contributed by atoms with Crippen LogP contribution in [0.3, 0.4) is 0 Å². The largest absolute Gasteiger partial charge is 0.395 e. The summed E-state index contributed by atoms with van der Waals surface area (Å²) < 4.78 is 68.9. The van der Waals surface area contributed by atoms with E-state index in [1.165, 1.54) is 13.0 Å². The van der Waals surface area contributed by atoms with Crippen LogP contribution in [0.5, 0.6) is 0 Å². The topological polar surface area (TPSA) is 96.4 Å². The first-order valence-electron chi connectivity index (χ1n) is 9.45. The van der Waals surface area contributed by atoms with Gasteiger partial charge >= 0.3 is 0 Å². The molecule has 2 aromatic carbocycles. The van der Waals surface area contributed by atoms with E-state index in [0.717, 1.165) is 48.7 Å². The zero-order chi connectivity index (χ0) is 23.5. The Hall–Kier alpha value is -3.24. The van der Waals surface area contributed by atoms with E-state index in [9.17, 15) is 26.4 Å². The first-order valence-corrected chi connectivity index (χ1v) is 11.0. The summed E-state index contributed by atoms with van der Waals surface area (Å²) in [6.07, 6.45) is 1.11. The number of hydrogen-bond acceptors (Lipinski definition) is 5. The highest BCUT2D eigenvalue weighted by molar-refractivity contribution is 7.92. The van der Waals surface area contributed by atoms with E-state index < -0.39 is 44.0 Å². The van der Waals surface area contributed by atoms with E-state index in [2.05, 4.69) is 10.3 Å². The number of amides is 1. The van der Waals surface area contributed by atoms with Gasteiger partial charge in [0.2, 0.25) is 0 Å². The number of hydrogen-bond donors (Lipinski definition) is 2. The van der Waals surface area contributed by atoms with Crippen LogP contribution < -0.4 is 5.32 Å².